The minimum atomic E-state index is -3.77. The number of rotatable bonds is 5. The molecular formula is C22H26B8ClF2N3O4. The summed E-state index contributed by atoms with van der Waals surface area (Å²) in [5.74, 6) is -7.02. The number of carbonyl (C=O) groups is 4. The van der Waals surface area contributed by atoms with Crippen LogP contribution in [0.3, 0.4) is 0 Å². The maximum absolute atomic E-state index is 15.1. The van der Waals surface area contributed by atoms with Gasteiger partial charge in [-0.15, -0.1) is 0 Å². The third kappa shape index (κ3) is 4.10. The maximum Gasteiger partial charge on any atom is 0.348 e. The van der Waals surface area contributed by atoms with Gasteiger partial charge in [0.25, 0.3) is 11.8 Å². The number of piperidine rings is 1. The first-order valence-corrected chi connectivity index (χ1v) is 13.4. The lowest BCUT2D eigenvalue weighted by Crippen LogP contribution is -2.75. The highest BCUT2D eigenvalue weighted by molar-refractivity contribution is 6.68. The first-order chi connectivity index (χ1) is 18.3. The van der Waals surface area contributed by atoms with Crippen LogP contribution in [0.25, 0.3) is 0 Å². The Morgan fingerprint density at radius 2 is 1.57 bits per heavy atom. The molecule has 0 N–H and O–H groups in total. The van der Waals surface area contributed by atoms with Gasteiger partial charge in [0.15, 0.2) is 0 Å². The topological polar surface area (TPSA) is 78.0 Å². The van der Waals surface area contributed by atoms with E-state index in [0.29, 0.717) is 16.7 Å². The second kappa shape index (κ2) is 9.64. The van der Waals surface area contributed by atoms with Gasteiger partial charge in [0.05, 0.1) is 5.44 Å². The SMILES string of the molecule is BC(c1ccc2c(c1)CN(C1(B)C(=O)N(B)C(=O)C(B)(B)C1(B)B)C2=O)N(B)C(=O)C(F)(F)c1ccc(Cl)cc1. The molecule has 40 heavy (non-hydrogen) atoms. The molecule has 4 amide bonds. The molecule has 1 fully saturated rings. The van der Waals surface area contributed by atoms with Crippen molar-refractivity contribution in [2.24, 2.45) is 0 Å². The second-order valence-corrected chi connectivity index (χ2v) is 12.4. The van der Waals surface area contributed by atoms with Crippen LogP contribution in [0.15, 0.2) is 42.5 Å². The Bertz CT molecular complexity index is 1450. The van der Waals surface area contributed by atoms with Crippen molar-refractivity contribution in [3.05, 3.63) is 69.7 Å². The number of benzene rings is 2. The van der Waals surface area contributed by atoms with Crippen molar-refractivity contribution in [1.82, 2.24) is 14.5 Å². The summed E-state index contributed by atoms with van der Waals surface area (Å²) in [5.41, 5.74) is -0.242. The van der Waals surface area contributed by atoms with Crippen LogP contribution in [-0.4, -0.2) is 107 Å². The first-order valence-electron chi connectivity index (χ1n) is 13.0. The number of carbonyl (C=O) groups excluding carboxylic acids is 4. The van der Waals surface area contributed by atoms with Crippen molar-refractivity contribution in [3.63, 3.8) is 0 Å². The molecule has 2 heterocycles. The van der Waals surface area contributed by atoms with Crippen molar-refractivity contribution < 1.29 is 28.0 Å². The van der Waals surface area contributed by atoms with Crippen molar-refractivity contribution in [1.29, 1.82) is 0 Å². The van der Waals surface area contributed by atoms with Crippen molar-refractivity contribution >= 4 is 98.3 Å². The molecule has 18 heteroatoms. The van der Waals surface area contributed by atoms with Crippen LogP contribution < -0.4 is 0 Å². The molecule has 0 aromatic heterocycles. The Kier molecular flexibility index (Phi) is 7.27. The summed E-state index contributed by atoms with van der Waals surface area (Å²) < 4.78 is 30.1. The molecule has 7 nitrogen and oxygen atoms in total. The number of halogens is 3. The molecule has 2 aliphatic rings. The molecule has 0 bridgehead atoms. The lowest BCUT2D eigenvalue weighted by molar-refractivity contribution is -0.154. The van der Waals surface area contributed by atoms with Crippen LogP contribution in [0.4, 0.5) is 8.78 Å². The lowest BCUT2D eigenvalue weighted by Gasteiger charge is -2.61. The molecule has 2 aromatic carbocycles. The van der Waals surface area contributed by atoms with E-state index in [-0.39, 0.29) is 23.4 Å². The highest BCUT2D eigenvalue weighted by Gasteiger charge is 2.65. The van der Waals surface area contributed by atoms with Gasteiger partial charge in [0.2, 0.25) is 27.8 Å². The normalized spacial score (nSPS) is 22.6. The number of hydrogen-bond donors (Lipinski definition) is 0. The summed E-state index contributed by atoms with van der Waals surface area (Å²) >= 11 is 5.81. The van der Waals surface area contributed by atoms with Gasteiger partial charge in [-0.05, 0) is 34.5 Å². The summed E-state index contributed by atoms with van der Waals surface area (Å²) in [6.45, 7) is 0.0943. The van der Waals surface area contributed by atoms with Crippen LogP contribution in [0.5, 0.6) is 0 Å². The fourth-order valence-corrected chi connectivity index (χ4v) is 5.93. The van der Waals surface area contributed by atoms with Gasteiger partial charge in [0.1, 0.15) is 47.1 Å². The van der Waals surface area contributed by atoms with Gasteiger partial charge in [-0.3, -0.25) is 19.2 Å². The zero-order valence-corrected chi connectivity index (χ0v) is 24.7. The molecule has 0 aliphatic carbocycles. The van der Waals surface area contributed by atoms with E-state index in [1.54, 1.807) is 49.6 Å². The van der Waals surface area contributed by atoms with E-state index in [0.717, 1.165) is 21.8 Å². The average Bonchev–Trinajstić information content (AvgIpc) is 3.25. The molecule has 0 saturated carbocycles. The van der Waals surface area contributed by atoms with Crippen LogP contribution in [0.1, 0.15) is 33.0 Å². The van der Waals surface area contributed by atoms with Gasteiger partial charge in [-0.1, -0.05) is 41.1 Å². The van der Waals surface area contributed by atoms with Crippen molar-refractivity contribution in [2.45, 2.75) is 34.3 Å². The predicted octanol–water partition coefficient (Wildman–Crippen LogP) is -4.89. The van der Waals surface area contributed by atoms with Crippen LogP contribution in [0, 0.1) is 0 Å². The molecule has 2 atom stereocenters. The standard InChI is InChI=1S/C22H26B8ClF2N3O4/c23-14(35(29)16(38)19(32,33)11-2-4-12(31)5-3-11)9-1-6-13-10(7-9)8-34(15(13)37)21(26)18(40)36(30)17(39)20(24,25)22(21,27)28/h1-7,14H,8,23-30H2. The second-order valence-electron chi connectivity index (χ2n) is 12.0. The third-order valence-corrected chi connectivity index (χ3v) is 9.92. The Morgan fingerprint density at radius 3 is 2.15 bits per heavy atom. The zero-order valence-electron chi connectivity index (χ0n) is 23.9. The van der Waals surface area contributed by atoms with Crippen molar-refractivity contribution in [3.8, 4) is 0 Å². The van der Waals surface area contributed by atoms with Crippen LogP contribution in [-0.2, 0) is 26.9 Å². The quantitative estimate of drug-likeness (QED) is 0.274. The first kappa shape index (κ1) is 30.2. The monoisotopic (exact) mass is 557 g/mol. The third-order valence-electron chi connectivity index (χ3n) is 9.67. The van der Waals surface area contributed by atoms with Gasteiger partial charge >= 0.3 is 5.92 Å². The fraction of sp³-hybridized carbons (Fsp3) is 0.273. The molecule has 4 rings (SSSR count). The Labute approximate surface area is 244 Å². The van der Waals surface area contributed by atoms with Gasteiger partial charge in [-0.25, -0.2) is 0 Å². The van der Waals surface area contributed by atoms with E-state index in [4.69, 9.17) is 11.6 Å². The molecule has 0 radical (unpaired) electrons. The number of imide groups is 1. The number of nitrogens with zero attached hydrogens (tertiary/aromatic N) is 3. The van der Waals surface area contributed by atoms with Gasteiger partial charge < -0.3 is 14.5 Å². The molecule has 0 spiro atoms. The summed E-state index contributed by atoms with van der Waals surface area (Å²) in [4.78, 5) is 56.7. The highest BCUT2D eigenvalue weighted by atomic mass is 35.5. The van der Waals surface area contributed by atoms with Crippen LogP contribution in [0.2, 0.25) is 15.5 Å². The molecule has 1 saturated heterocycles. The van der Waals surface area contributed by atoms with Crippen LogP contribution >= 0.6 is 11.6 Å². The van der Waals surface area contributed by atoms with E-state index in [1.807, 2.05) is 15.7 Å². The smallest absolute Gasteiger partial charge is 0.348 e. The van der Waals surface area contributed by atoms with E-state index < -0.39 is 45.1 Å². The van der Waals surface area contributed by atoms with E-state index in [1.165, 1.54) is 33.0 Å². The maximum atomic E-state index is 15.1. The summed E-state index contributed by atoms with van der Waals surface area (Å²) in [6.07, 6.45) is 0. The fourth-order valence-electron chi connectivity index (χ4n) is 5.80. The number of hydrogen-bond acceptors (Lipinski definition) is 4. The highest BCUT2D eigenvalue weighted by Crippen LogP contribution is 2.57. The molecule has 2 aromatic rings. The minimum absolute atomic E-state index is 0.0943. The largest absolute Gasteiger partial charge is 0.389 e. The number of alkyl halides is 2. The van der Waals surface area contributed by atoms with Gasteiger partial charge in [-0.2, -0.15) is 8.78 Å². The average molecular weight is 556 g/mol. The minimum Gasteiger partial charge on any atom is -0.389 e. The predicted molar refractivity (Wildman–Crippen MR) is 170 cm³/mol. The number of fused-ring (bicyclic) bond motifs is 1. The Hall–Kier alpha value is -2.81. The Morgan fingerprint density at radius 1 is 1.00 bits per heavy atom. The van der Waals surface area contributed by atoms with E-state index >= 15 is 8.78 Å². The van der Waals surface area contributed by atoms with E-state index in [9.17, 15) is 19.2 Å². The summed E-state index contributed by atoms with van der Waals surface area (Å²) in [6, 6.07) is 9.79. The van der Waals surface area contributed by atoms with Crippen molar-refractivity contribution in [2.75, 3.05) is 0 Å². The number of amides is 4. The molecular weight excluding hydrogens is 530 g/mol. The Balaban J connectivity index is 1.64. The lowest BCUT2D eigenvalue weighted by atomic mass is 9.21. The summed E-state index contributed by atoms with van der Waals surface area (Å²) in [5, 5.41) is -1.59. The van der Waals surface area contributed by atoms with E-state index in [2.05, 4.69) is 0 Å². The summed E-state index contributed by atoms with van der Waals surface area (Å²) in [7, 11) is 13.2. The molecule has 2 unspecified atom stereocenters. The van der Waals surface area contributed by atoms with Gasteiger partial charge in [0, 0.05) is 28.6 Å². The molecule has 2 aliphatic heterocycles. The molecule has 198 valence electrons. The zero-order chi connectivity index (χ0) is 30.2.